The van der Waals surface area contributed by atoms with E-state index in [1.165, 1.54) is 17.7 Å². The van der Waals surface area contributed by atoms with Crippen LogP contribution >= 0.6 is 0 Å². The van der Waals surface area contributed by atoms with Crippen molar-refractivity contribution in [2.75, 3.05) is 38.3 Å². The summed E-state index contributed by atoms with van der Waals surface area (Å²) in [6.45, 7) is 6.97. The lowest BCUT2D eigenvalue weighted by molar-refractivity contribution is -0.124. The van der Waals surface area contributed by atoms with Crippen molar-refractivity contribution in [1.82, 2.24) is 25.1 Å². The smallest absolute Gasteiger partial charge is 0.243 e. The van der Waals surface area contributed by atoms with Gasteiger partial charge >= 0.3 is 0 Å². The van der Waals surface area contributed by atoms with E-state index in [4.69, 9.17) is 9.72 Å². The second kappa shape index (κ2) is 7.42. The highest BCUT2D eigenvalue weighted by molar-refractivity contribution is 5.99. The second-order valence-corrected chi connectivity index (χ2v) is 9.66. The first-order chi connectivity index (χ1) is 15.5. The zero-order valence-electron chi connectivity index (χ0n) is 18.9. The largest absolute Gasteiger partial charge is 0.379 e. The van der Waals surface area contributed by atoms with Gasteiger partial charge in [0.05, 0.1) is 30.3 Å². The number of imidazole rings is 1. The number of benzene rings is 1. The number of aromatic nitrogens is 4. The lowest BCUT2D eigenvalue weighted by Gasteiger charge is -2.33. The maximum atomic E-state index is 13.2. The van der Waals surface area contributed by atoms with Crippen molar-refractivity contribution in [3.63, 3.8) is 0 Å². The third kappa shape index (κ3) is 3.24. The van der Waals surface area contributed by atoms with Crippen LogP contribution < -0.4 is 4.90 Å². The number of nitrogens with zero attached hydrogens (tertiary/aromatic N) is 4. The number of carbonyl (C=O) groups is 1. The molecule has 3 heterocycles. The highest BCUT2D eigenvalue weighted by atomic mass is 16.5. The van der Waals surface area contributed by atoms with Gasteiger partial charge < -0.3 is 14.6 Å². The van der Waals surface area contributed by atoms with Crippen molar-refractivity contribution in [2.45, 2.75) is 39.2 Å². The van der Waals surface area contributed by atoms with Crippen LogP contribution in [0, 0.1) is 18.8 Å². The van der Waals surface area contributed by atoms with Crippen molar-refractivity contribution in [2.24, 2.45) is 11.8 Å². The van der Waals surface area contributed by atoms with Crippen molar-refractivity contribution in [3.8, 4) is 11.5 Å². The first-order valence-corrected chi connectivity index (χ1v) is 11.7. The predicted molar refractivity (Wildman–Crippen MR) is 123 cm³/mol. The molecule has 168 valence electrons. The number of aromatic amines is 2. The molecular weight excluding hydrogens is 404 g/mol. The van der Waals surface area contributed by atoms with E-state index in [-0.39, 0.29) is 11.9 Å². The normalized spacial score (nSPS) is 23.6. The van der Waals surface area contributed by atoms with Crippen molar-refractivity contribution < 1.29 is 9.53 Å². The number of likely N-dealkylation sites (N-methyl/N-ethyl adjacent to an activating group) is 1. The van der Waals surface area contributed by atoms with Crippen LogP contribution in [0.5, 0.6) is 0 Å². The molecule has 2 aromatic heterocycles. The van der Waals surface area contributed by atoms with Crippen molar-refractivity contribution in [1.29, 1.82) is 0 Å². The van der Waals surface area contributed by atoms with Crippen LogP contribution in [-0.4, -0.2) is 70.4 Å². The molecule has 1 aliphatic heterocycles. The van der Waals surface area contributed by atoms with E-state index in [2.05, 4.69) is 26.1 Å². The number of aryl methyl sites for hydroxylation is 1. The van der Waals surface area contributed by atoms with Gasteiger partial charge in [-0.25, -0.2) is 4.98 Å². The molecule has 0 bridgehead atoms. The molecule has 32 heavy (non-hydrogen) atoms. The fraction of sp³-hybridized carbons (Fsp3) is 0.542. The Labute approximate surface area is 187 Å². The number of morpholine rings is 1. The molecule has 0 radical (unpaired) electrons. The van der Waals surface area contributed by atoms with Crippen LogP contribution in [0.15, 0.2) is 12.1 Å². The highest BCUT2D eigenvalue weighted by Gasteiger charge is 2.43. The summed E-state index contributed by atoms with van der Waals surface area (Å²) in [6, 6.07) is 3.92. The van der Waals surface area contributed by atoms with Gasteiger partial charge in [0.25, 0.3) is 0 Å². The summed E-state index contributed by atoms with van der Waals surface area (Å²) in [4.78, 5) is 25.5. The number of anilines is 1. The number of carbonyl (C=O) groups excluding carboxylic acids is 1. The van der Waals surface area contributed by atoms with Gasteiger partial charge in [-0.3, -0.25) is 14.8 Å². The third-order valence-electron chi connectivity index (χ3n) is 7.62. The van der Waals surface area contributed by atoms with Crippen molar-refractivity contribution >= 4 is 22.6 Å². The lowest BCUT2D eigenvalue weighted by atomic mass is 9.96. The van der Waals surface area contributed by atoms with Gasteiger partial charge in [0.2, 0.25) is 5.91 Å². The summed E-state index contributed by atoms with van der Waals surface area (Å²) in [7, 11) is 1.86. The Kier molecular flexibility index (Phi) is 4.62. The van der Waals surface area contributed by atoms with Crippen LogP contribution in [0.3, 0.4) is 0 Å². The van der Waals surface area contributed by atoms with Gasteiger partial charge in [-0.15, -0.1) is 0 Å². The van der Waals surface area contributed by atoms with Crippen LogP contribution in [0.25, 0.3) is 22.6 Å². The first kappa shape index (κ1) is 19.9. The molecule has 3 aliphatic rings. The molecule has 0 spiro atoms. The average molecular weight is 435 g/mol. The topological polar surface area (TPSA) is 90.1 Å². The minimum atomic E-state index is -0.185. The molecule has 3 atom stereocenters. The van der Waals surface area contributed by atoms with E-state index in [1.807, 2.05) is 27.0 Å². The Bertz CT molecular complexity index is 1190. The summed E-state index contributed by atoms with van der Waals surface area (Å²) in [6.07, 6.45) is 3.56. The molecule has 6 rings (SSSR count). The zero-order valence-corrected chi connectivity index (χ0v) is 18.9. The maximum absolute atomic E-state index is 13.2. The van der Waals surface area contributed by atoms with E-state index >= 15 is 0 Å². The van der Waals surface area contributed by atoms with Crippen molar-refractivity contribution in [3.05, 3.63) is 29.0 Å². The summed E-state index contributed by atoms with van der Waals surface area (Å²) >= 11 is 0. The fourth-order valence-corrected chi connectivity index (χ4v) is 5.47. The molecule has 8 nitrogen and oxygen atoms in total. The molecule has 2 N–H and O–H groups in total. The Morgan fingerprint density at radius 3 is 2.84 bits per heavy atom. The molecule has 2 aliphatic carbocycles. The second-order valence-electron chi connectivity index (χ2n) is 9.66. The number of fused-ring (bicyclic) bond motifs is 3. The number of hydrogen-bond donors (Lipinski definition) is 2. The highest BCUT2D eigenvalue weighted by Crippen LogP contribution is 2.49. The van der Waals surface area contributed by atoms with Crippen LogP contribution in [0.4, 0.5) is 5.69 Å². The number of nitrogens with one attached hydrogen (secondary N) is 2. The quantitative estimate of drug-likeness (QED) is 0.659. The molecule has 1 aromatic carbocycles. The van der Waals surface area contributed by atoms with Gasteiger partial charge in [-0.05, 0) is 62.6 Å². The Morgan fingerprint density at radius 2 is 2.03 bits per heavy atom. The Morgan fingerprint density at radius 1 is 1.25 bits per heavy atom. The van der Waals surface area contributed by atoms with Crippen LogP contribution in [0.2, 0.25) is 0 Å². The maximum Gasteiger partial charge on any atom is 0.243 e. The van der Waals surface area contributed by atoms with E-state index in [0.29, 0.717) is 13.2 Å². The van der Waals surface area contributed by atoms with E-state index in [9.17, 15) is 4.79 Å². The number of H-pyrrole nitrogens is 2. The fourth-order valence-electron chi connectivity index (χ4n) is 5.47. The summed E-state index contributed by atoms with van der Waals surface area (Å²) in [5.74, 6) is 2.57. The standard InChI is InChI=1S/C24H30N6O2/c1-13-8-19-20(12-21(13)29(3)24(31)14(2)30-4-6-32-7-5-30)26-23(25-19)22-17-10-15-9-16(15)11-18(17)27-28-22/h8,12,14-16H,4-7,9-11H2,1-3H3,(H,25,26)(H,27,28)/t14?,15-,16?/m0/s1. The molecule has 3 aromatic rings. The van der Waals surface area contributed by atoms with E-state index in [1.54, 1.807) is 4.90 Å². The lowest BCUT2D eigenvalue weighted by Crippen LogP contribution is -2.50. The number of hydrogen-bond acceptors (Lipinski definition) is 5. The molecular formula is C24H30N6O2. The van der Waals surface area contributed by atoms with Gasteiger partial charge in [0, 0.05) is 37.1 Å². The molecule has 2 unspecified atom stereocenters. The van der Waals surface area contributed by atoms with E-state index in [0.717, 1.165) is 71.6 Å². The number of ether oxygens (including phenoxy) is 1. The van der Waals surface area contributed by atoms with Gasteiger partial charge in [0.15, 0.2) is 5.82 Å². The first-order valence-electron chi connectivity index (χ1n) is 11.7. The average Bonchev–Trinajstić information content (AvgIpc) is 3.26. The van der Waals surface area contributed by atoms with Crippen LogP contribution in [-0.2, 0) is 22.4 Å². The number of rotatable bonds is 4. The van der Waals surface area contributed by atoms with Gasteiger partial charge in [-0.2, -0.15) is 5.10 Å². The van der Waals surface area contributed by atoms with Gasteiger partial charge in [-0.1, -0.05) is 0 Å². The van der Waals surface area contributed by atoms with Gasteiger partial charge in [0.1, 0.15) is 5.69 Å². The molecule has 8 heteroatoms. The molecule has 2 fully saturated rings. The zero-order chi connectivity index (χ0) is 22.0. The molecule has 1 saturated heterocycles. The monoisotopic (exact) mass is 434 g/mol. The third-order valence-corrected chi connectivity index (χ3v) is 7.62. The summed E-state index contributed by atoms with van der Waals surface area (Å²) in [5.41, 5.74) is 7.32. The Balaban J connectivity index is 1.29. The summed E-state index contributed by atoms with van der Waals surface area (Å²) in [5, 5.41) is 7.85. The SMILES string of the molecule is Cc1cc2[nH]c(-c3n[nH]c4c3C[C@@H]3CC3C4)nc2cc1N(C)C(=O)C(C)N1CCOCC1. The minimum absolute atomic E-state index is 0.0884. The summed E-state index contributed by atoms with van der Waals surface area (Å²) < 4.78 is 5.43. The van der Waals surface area contributed by atoms with Crippen LogP contribution in [0.1, 0.15) is 30.2 Å². The molecule has 1 saturated carbocycles. The Hall–Kier alpha value is -2.71. The van der Waals surface area contributed by atoms with E-state index < -0.39 is 0 Å². The minimum Gasteiger partial charge on any atom is -0.379 e. The molecule has 1 amide bonds. The number of amides is 1. The predicted octanol–water partition coefficient (Wildman–Crippen LogP) is 2.68.